The van der Waals surface area contributed by atoms with Gasteiger partial charge in [-0.1, -0.05) is 41.4 Å². The number of hydrogen-bond donors (Lipinski definition) is 1. The highest BCUT2D eigenvalue weighted by Crippen LogP contribution is 2.28. The number of hydrogen-bond acceptors (Lipinski definition) is 4. The van der Waals surface area contributed by atoms with Gasteiger partial charge in [0.15, 0.2) is 9.84 Å². The van der Waals surface area contributed by atoms with Gasteiger partial charge in [0.05, 0.1) is 9.92 Å². The quantitative estimate of drug-likeness (QED) is 0.822. The Kier molecular flexibility index (Phi) is 5.61. The van der Waals surface area contributed by atoms with E-state index in [1.54, 1.807) is 31.2 Å². The second-order valence-corrected chi connectivity index (χ2v) is 9.74. The summed E-state index contributed by atoms with van der Waals surface area (Å²) in [4.78, 5) is -0.427. The van der Waals surface area contributed by atoms with E-state index >= 15 is 0 Å². The maximum absolute atomic E-state index is 12.6. The molecule has 2 aromatic carbocycles. The molecule has 0 saturated carbocycles. The molecule has 0 saturated heterocycles. The van der Waals surface area contributed by atoms with Crippen LogP contribution in [0.2, 0.25) is 10.0 Å². The lowest BCUT2D eigenvalue weighted by Crippen LogP contribution is -2.27. The van der Waals surface area contributed by atoms with Crippen LogP contribution in [0.25, 0.3) is 0 Å². The Morgan fingerprint density at radius 2 is 1.58 bits per heavy atom. The van der Waals surface area contributed by atoms with Crippen molar-refractivity contribution in [3.63, 3.8) is 0 Å². The minimum absolute atomic E-state index is 0.0683. The van der Waals surface area contributed by atoms with Crippen LogP contribution in [-0.2, 0) is 19.9 Å². The fourth-order valence-electron chi connectivity index (χ4n) is 2.11. The lowest BCUT2D eigenvalue weighted by Gasteiger charge is -2.17. The first-order valence-corrected chi connectivity index (χ1v) is 10.9. The van der Waals surface area contributed by atoms with Crippen molar-refractivity contribution in [3.05, 3.63) is 58.1 Å². The third kappa shape index (κ3) is 4.29. The first kappa shape index (κ1) is 19.2. The Bertz CT molecular complexity index is 973. The minimum Gasteiger partial charge on any atom is -0.224 e. The lowest BCUT2D eigenvalue weighted by atomic mass is 10.1. The van der Waals surface area contributed by atoms with Crippen LogP contribution in [0.4, 0.5) is 0 Å². The third-order valence-corrected chi connectivity index (χ3v) is 6.80. The zero-order chi connectivity index (χ0) is 18.1. The van der Waals surface area contributed by atoms with Crippen molar-refractivity contribution >= 4 is 43.1 Å². The molecule has 0 amide bonds. The van der Waals surface area contributed by atoms with Gasteiger partial charge in [-0.15, -0.1) is 0 Å². The molecule has 0 heterocycles. The molecule has 0 aliphatic rings. The molecular weight excluding hydrogens is 393 g/mol. The van der Waals surface area contributed by atoms with Crippen LogP contribution in [0, 0.1) is 0 Å². The van der Waals surface area contributed by atoms with Gasteiger partial charge in [0, 0.05) is 17.3 Å². The molecule has 2 rings (SSSR count). The summed E-state index contributed by atoms with van der Waals surface area (Å²) in [5.74, 6) is 0. The van der Waals surface area contributed by atoms with E-state index in [0.717, 1.165) is 12.3 Å². The Labute approximate surface area is 151 Å². The van der Waals surface area contributed by atoms with E-state index in [4.69, 9.17) is 23.2 Å². The Hall–Kier alpha value is -1.12. The van der Waals surface area contributed by atoms with Crippen molar-refractivity contribution in [2.24, 2.45) is 0 Å². The topological polar surface area (TPSA) is 80.3 Å². The van der Waals surface area contributed by atoms with Crippen LogP contribution in [-0.4, -0.2) is 23.1 Å². The summed E-state index contributed by atoms with van der Waals surface area (Å²) in [7, 11) is -7.60. The molecule has 0 spiro atoms. The maximum Gasteiger partial charge on any atom is 0.242 e. The van der Waals surface area contributed by atoms with Gasteiger partial charge in [-0.25, -0.2) is 21.6 Å². The summed E-state index contributed by atoms with van der Waals surface area (Å²) in [6, 6.07) is 9.74. The molecule has 5 nitrogen and oxygen atoms in total. The summed E-state index contributed by atoms with van der Waals surface area (Å²) in [6.45, 7) is 1.63. The molecule has 1 N–H and O–H groups in total. The van der Waals surface area contributed by atoms with E-state index < -0.39 is 25.9 Å². The van der Waals surface area contributed by atoms with E-state index in [9.17, 15) is 16.8 Å². The highest BCUT2D eigenvalue weighted by atomic mass is 35.5. The van der Waals surface area contributed by atoms with Gasteiger partial charge < -0.3 is 0 Å². The molecule has 0 radical (unpaired) electrons. The van der Waals surface area contributed by atoms with E-state index in [0.29, 0.717) is 10.6 Å². The number of rotatable bonds is 5. The lowest BCUT2D eigenvalue weighted by molar-refractivity contribution is 0.566. The molecule has 0 aliphatic heterocycles. The molecule has 0 bridgehead atoms. The molecule has 130 valence electrons. The molecular formula is C15H15Cl2NO4S2. The van der Waals surface area contributed by atoms with Crippen LogP contribution in [0.15, 0.2) is 52.3 Å². The van der Waals surface area contributed by atoms with E-state index in [1.807, 2.05) is 0 Å². The second-order valence-electron chi connectivity index (χ2n) is 5.23. The van der Waals surface area contributed by atoms with Crippen molar-refractivity contribution in [3.8, 4) is 0 Å². The smallest absolute Gasteiger partial charge is 0.224 e. The second kappa shape index (κ2) is 7.01. The van der Waals surface area contributed by atoms with Crippen molar-refractivity contribution < 1.29 is 16.8 Å². The highest BCUT2D eigenvalue weighted by molar-refractivity contribution is 7.91. The summed E-state index contributed by atoms with van der Waals surface area (Å²) in [5, 5.41) is 0.352. The van der Waals surface area contributed by atoms with Gasteiger partial charge in [0.25, 0.3) is 0 Å². The molecule has 9 heteroatoms. The zero-order valence-electron chi connectivity index (χ0n) is 12.8. The first-order valence-electron chi connectivity index (χ1n) is 6.79. The van der Waals surface area contributed by atoms with E-state index in [-0.39, 0.29) is 14.8 Å². The Morgan fingerprint density at radius 1 is 0.958 bits per heavy atom. The largest absolute Gasteiger partial charge is 0.242 e. The average molecular weight is 408 g/mol. The number of sulfone groups is 1. The zero-order valence-corrected chi connectivity index (χ0v) is 16.0. The standard InChI is InChI=1S/C15H15Cl2NO4S2/c1-10(12-5-3-4-6-13(12)16)18-24(21,22)15-9-11(23(2,19)20)7-8-14(15)17/h3-10,18H,1-2H3. The summed E-state index contributed by atoms with van der Waals surface area (Å²) < 4.78 is 50.9. The maximum atomic E-state index is 12.6. The molecule has 0 fully saturated rings. The van der Waals surface area contributed by atoms with Gasteiger partial charge >= 0.3 is 0 Å². The van der Waals surface area contributed by atoms with Gasteiger partial charge in [-0.05, 0) is 36.8 Å². The van der Waals surface area contributed by atoms with Crippen LogP contribution in [0.3, 0.4) is 0 Å². The predicted molar refractivity (Wildman–Crippen MR) is 94.8 cm³/mol. The SMILES string of the molecule is CC(NS(=O)(=O)c1cc(S(C)(=O)=O)ccc1Cl)c1ccccc1Cl. The van der Waals surface area contributed by atoms with Crippen LogP contribution in [0.5, 0.6) is 0 Å². The fraction of sp³-hybridized carbons (Fsp3) is 0.200. The molecule has 24 heavy (non-hydrogen) atoms. The van der Waals surface area contributed by atoms with Crippen molar-refractivity contribution in [2.75, 3.05) is 6.26 Å². The number of sulfonamides is 1. The normalized spacial score (nSPS) is 13.7. The average Bonchev–Trinajstić information content (AvgIpc) is 2.46. The molecule has 1 unspecified atom stereocenters. The number of halogens is 2. The van der Waals surface area contributed by atoms with Crippen molar-refractivity contribution in [1.82, 2.24) is 4.72 Å². The van der Waals surface area contributed by atoms with E-state index in [2.05, 4.69) is 4.72 Å². The van der Waals surface area contributed by atoms with Crippen LogP contribution in [0.1, 0.15) is 18.5 Å². The number of nitrogens with one attached hydrogen (secondary N) is 1. The van der Waals surface area contributed by atoms with Gasteiger partial charge in [-0.2, -0.15) is 0 Å². The van der Waals surface area contributed by atoms with Crippen molar-refractivity contribution in [1.29, 1.82) is 0 Å². The summed E-state index contributed by atoms with van der Waals surface area (Å²) >= 11 is 12.0. The fourth-order valence-corrected chi connectivity index (χ4v) is 4.88. The molecule has 0 aliphatic carbocycles. The molecule has 1 atom stereocenters. The van der Waals surface area contributed by atoms with Crippen LogP contribution >= 0.6 is 23.2 Å². The highest BCUT2D eigenvalue weighted by Gasteiger charge is 2.24. The summed E-state index contributed by atoms with van der Waals surface area (Å²) in [6.07, 6.45) is 0.992. The predicted octanol–water partition coefficient (Wildman–Crippen LogP) is 3.44. The van der Waals surface area contributed by atoms with Gasteiger partial charge in [0.1, 0.15) is 4.90 Å². The number of benzene rings is 2. The monoisotopic (exact) mass is 407 g/mol. The van der Waals surface area contributed by atoms with Crippen LogP contribution < -0.4 is 4.72 Å². The Balaban J connectivity index is 2.43. The Morgan fingerprint density at radius 3 is 2.17 bits per heavy atom. The first-order chi connectivity index (χ1) is 11.0. The van der Waals surface area contributed by atoms with Gasteiger partial charge in [0.2, 0.25) is 10.0 Å². The molecule has 2 aromatic rings. The third-order valence-electron chi connectivity index (χ3n) is 3.32. The van der Waals surface area contributed by atoms with Crippen molar-refractivity contribution in [2.45, 2.75) is 22.8 Å². The minimum atomic E-state index is -4.04. The van der Waals surface area contributed by atoms with E-state index in [1.165, 1.54) is 12.1 Å². The van der Waals surface area contributed by atoms with Gasteiger partial charge in [-0.3, -0.25) is 0 Å². The summed E-state index contributed by atoms with van der Waals surface area (Å²) in [5.41, 5.74) is 0.595. The molecule has 0 aromatic heterocycles.